The Morgan fingerprint density at radius 1 is 1.55 bits per heavy atom. The first-order chi connectivity index (χ1) is 9.65. The Hall–Kier alpha value is -1.56. The molecule has 20 heavy (non-hydrogen) atoms. The van der Waals surface area contributed by atoms with Crippen molar-refractivity contribution in [2.24, 2.45) is 11.8 Å². The van der Waals surface area contributed by atoms with Crippen LogP contribution >= 0.6 is 0 Å². The summed E-state index contributed by atoms with van der Waals surface area (Å²) in [4.78, 5) is 16.0. The molecule has 112 valence electrons. The number of rotatable bonds is 6. The second-order valence-electron chi connectivity index (χ2n) is 5.68. The number of aromatic nitrogens is 2. The molecule has 1 atom stereocenters. The number of hydrogen-bond acceptors (Lipinski definition) is 3. The maximum Gasteiger partial charge on any atom is 0.315 e. The van der Waals surface area contributed by atoms with Crippen LogP contribution in [0.3, 0.4) is 0 Å². The van der Waals surface area contributed by atoms with Gasteiger partial charge in [-0.2, -0.15) is 0 Å². The predicted octanol–water partition coefficient (Wildman–Crippen LogP) is 1.37. The summed E-state index contributed by atoms with van der Waals surface area (Å²) in [6.45, 7) is 7.91. The summed E-state index contributed by atoms with van der Waals surface area (Å²) >= 11 is 0. The number of amides is 2. The van der Waals surface area contributed by atoms with E-state index in [0.717, 1.165) is 32.0 Å². The molecule has 1 aliphatic heterocycles. The van der Waals surface area contributed by atoms with Crippen LogP contribution in [0.2, 0.25) is 0 Å². The molecular formula is C14H24N4O2. The van der Waals surface area contributed by atoms with Crippen molar-refractivity contribution in [2.75, 3.05) is 19.8 Å². The molecule has 0 saturated carbocycles. The van der Waals surface area contributed by atoms with E-state index in [1.54, 1.807) is 6.20 Å². The second kappa shape index (κ2) is 7.28. The Morgan fingerprint density at radius 2 is 2.40 bits per heavy atom. The van der Waals surface area contributed by atoms with Crippen LogP contribution in [0.4, 0.5) is 4.79 Å². The lowest BCUT2D eigenvalue weighted by Gasteiger charge is -2.12. The van der Waals surface area contributed by atoms with Crippen LogP contribution in [0, 0.1) is 11.8 Å². The SMILES string of the molecule is CC(C)Cn1ccnc1CNC(=O)NC[C@@H]1CCOC1. The first-order valence-corrected chi connectivity index (χ1v) is 7.24. The quantitative estimate of drug-likeness (QED) is 0.827. The maximum atomic E-state index is 11.7. The number of urea groups is 1. The van der Waals surface area contributed by atoms with Gasteiger partial charge in [0.05, 0.1) is 13.2 Å². The van der Waals surface area contributed by atoms with Crippen molar-refractivity contribution in [3.8, 4) is 0 Å². The molecule has 6 nitrogen and oxygen atoms in total. The Kier molecular flexibility index (Phi) is 5.40. The molecule has 6 heteroatoms. The number of carbonyl (C=O) groups is 1. The monoisotopic (exact) mass is 280 g/mol. The molecule has 2 amide bonds. The highest BCUT2D eigenvalue weighted by atomic mass is 16.5. The summed E-state index contributed by atoms with van der Waals surface area (Å²) in [5.41, 5.74) is 0. The van der Waals surface area contributed by atoms with E-state index in [9.17, 15) is 4.79 Å². The summed E-state index contributed by atoms with van der Waals surface area (Å²) in [5.74, 6) is 1.89. The van der Waals surface area contributed by atoms with Crippen molar-refractivity contribution in [3.63, 3.8) is 0 Å². The van der Waals surface area contributed by atoms with Gasteiger partial charge >= 0.3 is 6.03 Å². The van der Waals surface area contributed by atoms with Gasteiger partial charge in [0.15, 0.2) is 0 Å². The molecule has 1 aromatic heterocycles. The van der Waals surface area contributed by atoms with Crippen LogP contribution in [0.1, 0.15) is 26.1 Å². The van der Waals surface area contributed by atoms with Gasteiger partial charge in [0.1, 0.15) is 5.82 Å². The maximum absolute atomic E-state index is 11.7. The molecule has 0 radical (unpaired) electrons. The normalized spacial score (nSPS) is 18.4. The van der Waals surface area contributed by atoms with E-state index < -0.39 is 0 Å². The number of ether oxygens (including phenoxy) is 1. The number of hydrogen-bond donors (Lipinski definition) is 2. The zero-order valence-electron chi connectivity index (χ0n) is 12.3. The van der Waals surface area contributed by atoms with Crippen LogP contribution in [-0.2, 0) is 17.8 Å². The van der Waals surface area contributed by atoms with Crippen LogP contribution in [0.5, 0.6) is 0 Å². The molecule has 0 bridgehead atoms. The van der Waals surface area contributed by atoms with E-state index in [1.807, 2.05) is 6.20 Å². The lowest BCUT2D eigenvalue weighted by Crippen LogP contribution is -2.38. The van der Waals surface area contributed by atoms with E-state index in [-0.39, 0.29) is 6.03 Å². The minimum absolute atomic E-state index is 0.143. The van der Waals surface area contributed by atoms with Crippen molar-refractivity contribution in [2.45, 2.75) is 33.4 Å². The highest BCUT2D eigenvalue weighted by Crippen LogP contribution is 2.10. The van der Waals surface area contributed by atoms with Crippen LogP contribution in [-0.4, -0.2) is 35.3 Å². The number of nitrogens with one attached hydrogen (secondary N) is 2. The molecule has 1 saturated heterocycles. The fourth-order valence-electron chi connectivity index (χ4n) is 2.27. The molecule has 0 unspecified atom stereocenters. The molecule has 2 heterocycles. The van der Waals surface area contributed by atoms with Gasteiger partial charge in [0.25, 0.3) is 0 Å². The molecule has 1 aliphatic rings. The molecular weight excluding hydrogens is 256 g/mol. The molecule has 0 aromatic carbocycles. The van der Waals surface area contributed by atoms with Crippen LogP contribution < -0.4 is 10.6 Å². The fourth-order valence-corrected chi connectivity index (χ4v) is 2.27. The Morgan fingerprint density at radius 3 is 3.10 bits per heavy atom. The van der Waals surface area contributed by atoms with Gasteiger partial charge in [0.2, 0.25) is 0 Å². The van der Waals surface area contributed by atoms with Crippen molar-refractivity contribution >= 4 is 6.03 Å². The van der Waals surface area contributed by atoms with Gasteiger partial charge in [-0.25, -0.2) is 9.78 Å². The van der Waals surface area contributed by atoms with E-state index in [2.05, 4.69) is 34.0 Å². The molecule has 0 aliphatic carbocycles. The third kappa shape index (κ3) is 4.52. The van der Waals surface area contributed by atoms with Crippen LogP contribution in [0.15, 0.2) is 12.4 Å². The van der Waals surface area contributed by atoms with Gasteiger partial charge in [-0.05, 0) is 12.3 Å². The van der Waals surface area contributed by atoms with Crippen molar-refractivity contribution in [3.05, 3.63) is 18.2 Å². The average Bonchev–Trinajstić information content (AvgIpc) is 3.04. The summed E-state index contributed by atoms with van der Waals surface area (Å²) in [7, 11) is 0. The van der Waals surface area contributed by atoms with Gasteiger partial charge in [-0.3, -0.25) is 0 Å². The molecule has 1 fully saturated rings. The molecule has 1 aromatic rings. The van der Waals surface area contributed by atoms with Gasteiger partial charge in [-0.1, -0.05) is 13.8 Å². The van der Waals surface area contributed by atoms with E-state index in [1.165, 1.54) is 0 Å². The minimum atomic E-state index is -0.143. The van der Waals surface area contributed by atoms with Crippen molar-refractivity contribution < 1.29 is 9.53 Å². The zero-order valence-corrected chi connectivity index (χ0v) is 12.3. The van der Waals surface area contributed by atoms with Gasteiger partial charge in [-0.15, -0.1) is 0 Å². The first kappa shape index (κ1) is 14.8. The summed E-state index contributed by atoms with van der Waals surface area (Å²) in [6.07, 6.45) is 4.75. The van der Waals surface area contributed by atoms with E-state index >= 15 is 0 Å². The smallest absolute Gasteiger partial charge is 0.315 e. The van der Waals surface area contributed by atoms with Gasteiger partial charge in [0, 0.05) is 38.0 Å². The zero-order chi connectivity index (χ0) is 14.4. The third-order valence-corrected chi connectivity index (χ3v) is 3.35. The Labute approximate surface area is 119 Å². The Balaban J connectivity index is 1.71. The second-order valence-corrected chi connectivity index (χ2v) is 5.68. The van der Waals surface area contributed by atoms with Crippen molar-refractivity contribution in [1.82, 2.24) is 20.2 Å². The number of nitrogens with zero attached hydrogens (tertiary/aromatic N) is 2. The largest absolute Gasteiger partial charge is 0.381 e. The average molecular weight is 280 g/mol. The third-order valence-electron chi connectivity index (χ3n) is 3.35. The predicted molar refractivity (Wildman–Crippen MR) is 76.2 cm³/mol. The molecule has 2 N–H and O–H groups in total. The van der Waals surface area contributed by atoms with Crippen molar-refractivity contribution in [1.29, 1.82) is 0 Å². The topological polar surface area (TPSA) is 68.2 Å². The first-order valence-electron chi connectivity index (χ1n) is 7.24. The highest BCUT2D eigenvalue weighted by Gasteiger charge is 2.16. The lowest BCUT2D eigenvalue weighted by molar-refractivity contribution is 0.185. The van der Waals surface area contributed by atoms with Gasteiger partial charge < -0.3 is 19.9 Å². The Bertz CT molecular complexity index is 425. The fraction of sp³-hybridized carbons (Fsp3) is 0.714. The number of carbonyl (C=O) groups excluding carboxylic acids is 1. The van der Waals surface area contributed by atoms with E-state index in [4.69, 9.17) is 4.74 Å². The summed E-state index contributed by atoms with van der Waals surface area (Å²) in [6, 6.07) is -0.143. The molecule has 2 rings (SSSR count). The van der Waals surface area contributed by atoms with E-state index in [0.29, 0.717) is 24.9 Å². The lowest BCUT2D eigenvalue weighted by atomic mass is 10.1. The molecule has 0 spiro atoms. The summed E-state index contributed by atoms with van der Waals surface area (Å²) < 4.78 is 7.35. The summed E-state index contributed by atoms with van der Waals surface area (Å²) in [5, 5.41) is 5.73. The number of imidazole rings is 1. The minimum Gasteiger partial charge on any atom is -0.381 e. The van der Waals surface area contributed by atoms with Crippen LogP contribution in [0.25, 0.3) is 0 Å². The standard InChI is InChI=1S/C14H24N4O2/c1-11(2)9-18-5-4-15-13(18)8-17-14(19)16-7-12-3-6-20-10-12/h4-5,11-12H,3,6-10H2,1-2H3,(H2,16,17,19)/t12-/m0/s1. The highest BCUT2D eigenvalue weighted by molar-refractivity contribution is 5.73.